The number of hydrogen-bond acceptors (Lipinski definition) is 5. The molecule has 178 valence electrons. The van der Waals surface area contributed by atoms with Crippen molar-refractivity contribution in [2.75, 3.05) is 26.2 Å². The van der Waals surface area contributed by atoms with E-state index in [1.54, 1.807) is 4.90 Å². The Morgan fingerprint density at radius 3 is 2.36 bits per heavy atom. The maximum absolute atomic E-state index is 13.5. The highest BCUT2D eigenvalue weighted by atomic mass is 19.4. The highest BCUT2D eigenvalue weighted by Crippen LogP contribution is 2.36. The Balaban J connectivity index is 1.44. The lowest BCUT2D eigenvalue weighted by Gasteiger charge is -2.34. The van der Waals surface area contributed by atoms with Gasteiger partial charge in [0.05, 0.1) is 22.3 Å². The summed E-state index contributed by atoms with van der Waals surface area (Å²) in [6.07, 6.45) is -2.46. The van der Waals surface area contributed by atoms with Crippen LogP contribution in [0.4, 0.5) is 13.2 Å². The molecular weight excluding hydrogens is 435 g/mol. The molecule has 3 aromatic rings. The summed E-state index contributed by atoms with van der Waals surface area (Å²) in [6, 6.07) is 1.02. The zero-order chi connectivity index (χ0) is 23.9. The molecule has 11 heteroatoms. The monoisotopic (exact) mass is 463 g/mol. The Bertz CT molecular complexity index is 1170. The molecule has 1 aliphatic rings. The number of amides is 1. The molecule has 0 unspecified atom stereocenters. The molecule has 3 aromatic heterocycles. The van der Waals surface area contributed by atoms with Gasteiger partial charge in [-0.05, 0) is 33.8 Å². The summed E-state index contributed by atoms with van der Waals surface area (Å²) in [5.41, 5.74) is 1.96. The van der Waals surface area contributed by atoms with Crippen LogP contribution in [0.15, 0.2) is 12.3 Å². The summed E-state index contributed by atoms with van der Waals surface area (Å²) in [7, 11) is 0. The number of carbonyl (C=O) groups is 1. The Morgan fingerprint density at radius 1 is 1.06 bits per heavy atom. The van der Waals surface area contributed by atoms with Crippen molar-refractivity contribution in [2.45, 2.75) is 53.5 Å². The molecule has 1 fully saturated rings. The Labute approximate surface area is 190 Å². The van der Waals surface area contributed by atoms with Gasteiger partial charge in [0.2, 0.25) is 5.91 Å². The van der Waals surface area contributed by atoms with Crippen LogP contribution >= 0.6 is 0 Å². The van der Waals surface area contributed by atoms with Gasteiger partial charge in [0.1, 0.15) is 6.54 Å². The molecule has 0 atom stereocenters. The largest absolute Gasteiger partial charge is 0.417 e. The summed E-state index contributed by atoms with van der Waals surface area (Å²) in [5.74, 6) is -0.175. The molecule has 0 radical (unpaired) electrons. The van der Waals surface area contributed by atoms with E-state index < -0.39 is 11.7 Å². The maximum atomic E-state index is 13.5. The van der Waals surface area contributed by atoms with E-state index in [9.17, 15) is 18.0 Å². The Kier molecular flexibility index (Phi) is 6.17. The summed E-state index contributed by atoms with van der Waals surface area (Å²) in [4.78, 5) is 21.2. The number of aryl methyl sites for hydroxylation is 4. The first kappa shape index (κ1) is 23.2. The molecule has 0 bridgehead atoms. The third-order valence-electron chi connectivity index (χ3n) is 6.09. The van der Waals surface area contributed by atoms with Crippen molar-refractivity contribution in [3.05, 3.63) is 40.5 Å². The van der Waals surface area contributed by atoms with Crippen LogP contribution in [0, 0.1) is 20.8 Å². The van der Waals surface area contributed by atoms with E-state index in [0.29, 0.717) is 13.1 Å². The average Bonchev–Trinajstić information content (AvgIpc) is 3.26. The van der Waals surface area contributed by atoms with E-state index in [0.717, 1.165) is 37.9 Å². The van der Waals surface area contributed by atoms with E-state index in [4.69, 9.17) is 0 Å². The number of carbonyl (C=O) groups excluding carboxylic acids is 1. The van der Waals surface area contributed by atoms with Crippen molar-refractivity contribution in [3.8, 4) is 0 Å². The van der Waals surface area contributed by atoms with E-state index in [2.05, 4.69) is 26.3 Å². The lowest BCUT2D eigenvalue weighted by atomic mass is 10.1. The quantitative estimate of drug-likeness (QED) is 0.582. The number of alkyl halides is 3. The van der Waals surface area contributed by atoms with Crippen LogP contribution in [0.2, 0.25) is 0 Å². The van der Waals surface area contributed by atoms with Gasteiger partial charge in [-0.1, -0.05) is 0 Å². The number of nitrogens with zero attached hydrogens (tertiary/aromatic N) is 7. The predicted molar refractivity (Wildman–Crippen MR) is 116 cm³/mol. The van der Waals surface area contributed by atoms with Crippen molar-refractivity contribution >= 4 is 16.9 Å². The van der Waals surface area contributed by atoms with E-state index >= 15 is 0 Å². The number of hydrogen-bond donors (Lipinski definition) is 0. The van der Waals surface area contributed by atoms with Gasteiger partial charge in [0.15, 0.2) is 5.65 Å². The van der Waals surface area contributed by atoms with Crippen molar-refractivity contribution in [2.24, 2.45) is 0 Å². The van der Waals surface area contributed by atoms with Gasteiger partial charge in [-0.15, -0.1) is 0 Å². The van der Waals surface area contributed by atoms with Crippen molar-refractivity contribution < 1.29 is 18.0 Å². The molecular formula is C22H28F3N7O. The molecule has 8 nitrogen and oxygen atoms in total. The molecule has 1 aliphatic heterocycles. The van der Waals surface area contributed by atoms with E-state index in [1.165, 1.54) is 24.1 Å². The standard InChI is InChI=1S/C22H28F3N7O/c1-5-31-12-17(15(3)27-31)11-29-6-8-30(9-7-29)19(33)13-32-21-20(16(4)28-32)18(22(23,24)25)10-14(2)26-21/h10,12H,5-9,11,13H2,1-4H3. The van der Waals surface area contributed by atoms with Crippen LogP contribution in [0.25, 0.3) is 11.0 Å². The van der Waals surface area contributed by atoms with Crippen LogP contribution in [-0.4, -0.2) is 66.4 Å². The molecule has 0 saturated carbocycles. The minimum absolute atomic E-state index is 0.0475. The Morgan fingerprint density at radius 2 is 1.76 bits per heavy atom. The summed E-state index contributed by atoms with van der Waals surface area (Å²) < 4.78 is 43.8. The van der Waals surface area contributed by atoms with Crippen LogP contribution in [0.3, 0.4) is 0 Å². The topological polar surface area (TPSA) is 72.1 Å². The van der Waals surface area contributed by atoms with Crippen molar-refractivity contribution in [3.63, 3.8) is 0 Å². The van der Waals surface area contributed by atoms with Gasteiger partial charge in [-0.2, -0.15) is 23.4 Å². The Hall–Kier alpha value is -2.95. The minimum Gasteiger partial charge on any atom is -0.339 e. The second-order valence-electron chi connectivity index (χ2n) is 8.50. The number of aromatic nitrogens is 5. The van der Waals surface area contributed by atoms with E-state index in [1.807, 2.05) is 18.5 Å². The highest BCUT2D eigenvalue weighted by molar-refractivity contribution is 5.85. The van der Waals surface area contributed by atoms with Crippen LogP contribution < -0.4 is 0 Å². The lowest BCUT2D eigenvalue weighted by molar-refractivity contribution is -0.136. The normalized spacial score (nSPS) is 15.5. The van der Waals surface area contributed by atoms with Crippen LogP contribution in [-0.2, 0) is 30.6 Å². The lowest BCUT2D eigenvalue weighted by Crippen LogP contribution is -2.49. The van der Waals surface area contributed by atoms with Crippen molar-refractivity contribution in [1.82, 2.24) is 34.3 Å². The van der Waals surface area contributed by atoms with E-state index in [-0.39, 0.29) is 34.9 Å². The first-order valence-corrected chi connectivity index (χ1v) is 11.0. The highest BCUT2D eigenvalue weighted by Gasteiger charge is 2.35. The number of rotatable bonds is 5. The van der Waals surface area contributed by atoms with Gasteiger partial charge in [-0.3, -0.25) is 14.4 Å². The summed E-state index contributed by atoms with van der Waals surface area (Å²) in [5, 5.41) is 8.65. The third kappa shape index (κ3) is 4.73. The fraction of sp³-hybridized carbons (Fsp3) is 0.545. The molecule has 0 N–H and O–H groups in total. The van der Waals surface area contributed by atoms with Gasteiger partial charge in [-0.25, -0.2) is 9.67 Å². The van der Waals surface area contributed by atoms with Gasteiger partial charge in [0.25, 0.3) is 0 Å². The molecule has 0 aromatic carbocycles. The van der Waals surface area contributed by atoms with Crippen LogP contribution in [0.5, 0.6) is 0 Å². The minimum atomic E-state index is -4.52. The molecule has 1 amide bonds. The number of fused-ring (bicyclic) bond motifs is 1. The molecule has 33 heavy (non-hydrogen) atoms. The van der Waals surface area contributed by atoms with Crippen molar-refractivity contribution in [1.29, 1.82) is 0 Å². The maximum Gasteiger partial charge on any atom is 0.417 e. The summed E-state index contributed by atoms with van der Waals surface area (Å²) in [6.45, 7) is 11.1. The summed E-state index contributed by atoms with van der Waals surface area (Å²) >= 11 is 0. The smallest absolute Gasteiger partial charge is 0.339 e. The zero-order valence-corrected chi connectivity index (χ0v) is 19.3. The second-order valence-corrected chi connectivity index (χ2v) is 8.50. The fourth-order valence-electron chi connectivity index (χ4n) is 4.31. The third-order valence-corrected chi connectivity index (χ3v) is 6.09. The average molecular weight is 464 g/mol. The van der Waals surface area contributed by atoms with Gasteiger partial charge < -0.3 is 4.90 Å². The molecule has 1 saturated heterocycles. The predicted octanol–water partition coefficient (Wildman–Crippen LogP) is 2.94. The van der Waals surface area contributed by atoms with Gasteiger partial charge in [0, 0.05) is 56.7 Å². The zero-order valence-electron chi connectivity index (χ0n) is 19.3. The fourth-order valence-corrected chi connectivity index (χ4v) is 4.31. The molecule has 4 heterocycles. The second kappa shape index (κ2) is 8.77. The molecule has 0 aliphatic carbocycles. The number of halogens is 3. The molecule has 4 rings (SSSR count). The first-order chi connectivity index (χ1) is 15.6. The molecule has 0 spiro atoms. The van der Waals surface area contributed by atoms with Crippen LogP contribution in [0.1, 0.15) is 35.1 Å². The SMILES string of the molecule is CCn1cc(CN2CCN(C(=O)Cn3nc(C)c4c(C(F)(F)F)cc(C)nc43)CC2)c(C)n1. The van der Waals surface area contributed by atoms with Gasteiger partial charge >= 0.3 is 6.18 Å². The first-order valence-electron chi connectivity index (χ1n) is 11.0. The number of piperazine rings is 1. The number of pyridine rings is 1.